The summed E-state index contributed by atoms with van der Waals surface area (Å²) in [4.78, 5) is 2.41. The van der Waals surface area contributed by atoms with Crippen LogP contribution in [0, 0.1) is 12.8 Å². The number of piperidine rings is 1. The molecule has 122 valence electrons. The lowest BCUT2D eigenvalue weighted by Gasteiger charge is -2.35. The molecular weight excluding hydrogens is 274 g/mol. The summed E-state index contributed by atoms with van der Waals surface area (Å²) in [6.45, 7) is 7.66. The van der Waals surface area contributed by atoms with Crippen LogP contribution in [0.2, 0.25) is 0 Å². The molecule has 2 aliphatic rings. The predicted octanol–water partition coefficient (Wildman–Crippen LogP) is 1.70. The van der Waals surface area contributed by atoms with E-state index in [9.17, 15) is 0 Å². The number of fused-ring (bicyclic) bond motifs is 1. The van der Waals surface area contributed by atoms with Crippen LogP contribution < -0.4 is 21.9 Å². The van der Waals surface area contributed by atoms with Crippen LogP contribution in [0.1, 0.15) is 42.6 Å². The lowest BCUT2D eigenvalue weighted by Crippen LogP contribution is -2.44. The van der Waals surface area contributed by atoms with E-state index < -0.39 is 0 Å². The highest BCUT2D eigenvalue weighted by Crippen LogP contribution is 2.30. The molecule has 1 aromatic carbocycles. The highest BCUT2D eigenvalue weighted by Gasteiger charge is 2.26. The molecule has 0 amide bonds. The van der Waals surface area contributed by atoms with Gasteiger partial charge in [0.2, 0.25) is 0 Å². The maximum atomic E-state index is 6.53. The SMILES string of the molecule is Cc1ccc2c(c1C(N)NC(C)C1CCN(C)CC1)CNN2. The molecular formula is C17H29N5. The quantitative estimate of drug-likeness (QED) is 0.638. The molecule has 5 heteroatoms. The highest BCUT2D eigenvalue weighted by atomic mass is 15.4. The number of hydrogen-bond acceptors (Lipinski definition) is 5. The summed E-state index contributed by atoms with van der Waals surface area (Å²) in [7, 11) is 2.21. The molecule has 2 atom stereocenters. The molecule has 0 spiro atoms. The van der Waals surface area contributed by atoms with Crippen molar-refractivity contribution in [2.24, 2.45) is 11.7 Å². The number of likely N-dealkylation sites (tertiary alicyclic amines) is 1. The van der Waals surface area contributed by atoms with Crippen LogP contribution in [0.4, 0.5) is 5.69 Å². The van der Waals surface area contributed by atoms with Gasteiger partial charge in [-0.3, -0.25) is 5.32 Å². The molecule has 1 saturated heterocycles. The largest absolute Gasteiger partial charge is 0.321 e. The Labute approximate surface area is 133 Å². The number of rotatable bonds is 4. The fraction of sp³-hybridized carbons (Fsp3) is 0.647. The van der Waals surface area contributed by atoms with Crippen molar-refractivity contribution in [3.8, 4) is 0 Å². The van der Waals surface area contributed by atoms with Crippen molar-refractivity contribution >= 4 is 5.69 Å². The first kappa shape index (κ1) is 15.7. The Morgan fingerprint density at radius 2 is 2.05 bits per heavy atom. The molecule has 22 heavy (non-hydrogen) atoms. The van der Waals surface area contributed by atoms with E-state index >= 15 is 0 Å². The molecule has 0 saturated carbocycles. The number of hydrazine groups is 1. The van der Waals surface area contributed by atoms with E-state index in [1.54, 1.807) is 0 Å². The third-order valence-corrected chi connectivity index (χ3v) is 5.29. The number of nitrogens with two attached hydrogens (primary N) is 1. The summed E-state index contributed by atoms with van der Waals surface area (Å²) in [5.41, 5.74) is 17.9. The van der Waals surface area contributed by atoms with E-state index in [-0.39, 0.29) is 6.17 Å². The molecule has 2 unspecified atom stereocenters. The highest BCUT2D eigenvalue weighted by molar-refractivity contribution is 5.59. The van der Waals surface area contributed by atoms with Crippen LogP contribution >= 0.6 is 0 Å². The van der Waals surface area contributed by atoms with Crippen molar-refractivity contribution in [2.45, 2.75) is 45.4 Å². The third-order valence-electron chi connectivity index (χ3n) is 5.29. The van der Waals surface area contributed by atoms with Gasteiger partial charge in [-0.25, -0.2) is 5.43 Å². The van der Waals surface area contributed by atoms with Crippen molar-refractivity contribution in [2.75, 3.05) is 25.6 Å². The van der Waals surface area contributed by atoms with Gasteiger partial charge in [0.25, 0.3) is 0 Å². The van der Waals surface area contributed by atoms with Gasteiger partial charge in [-0.05, 0) is 75.5 Å². The van der Waals surface area contributed by atoms with Crippen molar-refractivity contribution in [3.05, 3.63) is 28.8 Å². The standard InChI is InChI=1S/C17H29N5/c1-11-4-5-15-14(10-19-21-15)16(11)17(18)20-12(2)13-6-8-22(3)9-7-13/h4-5,12-13,17,19-21H,6-10,18H2,1-3H3. The minimum atomic E-state index is -0.105. The molecule has 5 nitrogen and oxygen atoms in total. The Kier molecular flexibility index (Phi) is 4.68. The Morgan fingerprint density at radius 3 is 2.77 bits per heavy atom. The van der Waals surface area contributed by atoms with E-state index in [2.05, 4.69) is 54.1 Å². The van der Waals surface area contributed by atoms with E-state index in [4.69, 9.17) is 5.73 Å². The second-order valence-corrected chi connectivity index (χ2v) is 6.87. The van der Waals surface area contributed by atoms with Gasteiger partial charge in [-0.15, -0.1) is 0 Å². The van der Waals surface area contributed by atoms with Gasteiger partial charge in [-0.2, -0.15) is 0 Å². The van der Waals surface area contributed by atoms with E-state index in [1.165, 1.54) is 42.6 Å². The molecule has 1 aromatic rings. The van der Waals surface area contributed by atoms with Crippen LogP contribution in [-0.4, -0.2) is 31.1 Å². The van der Waals surface area contributed by atoms with Crippen LogP contribution in [0.5, 0.6) is 0 Å². The molecule has 5 N–H and O–H groups in total. The van der Waals surface area contributed by atoms with Gasteiger partial charge >= 0.3 is 0 Å². The van der Waals surface area contributed by atoms with E-state index in [1.807, 2.05) is 0 Å². The Hall–Kier alpha value is -1.14. The van der Waals surface area contributed by atoms with Crippen LogP contribution in [-0.2, 0) is 6.54 Å². The zero-order valence-corrected chi connectivity index (χ0v) is 13.9. The zero-order chi connectivity index (χ0) is 15.7. The van der Waals surface area contributed by atoms with Crippen molar-refractivity contribution in [1.82, 2.24) is 15.6 Å². The second-order valence-electron chi connectivity index (χ2n) is 6.87. The maximum absolute atomic E-state index is 6.53. The van der Waals surface area contributed by atoms with Crippen LogP contribution in [0.25, 0.3) is 0 Å². The minimum Gasteiger partial charge on any atom is -0.321 e. The number of nitrogens with zero attached hydrogens (tertiary/aromatic N) is 1. The Balaban J connectivity index is 1.70. The molecule has 0 aromatic heterocycles. The first-order valence-corrected chi connectivity index (χ1v) is 8.37. The van der Waals surface area contributed by atoms with Gasteiger partial charge < -0.3 is 16.1 Å². The number of nitrogens with one attached hydrogen (secondary N) is 3. The average Bonchev–Trinajstić information content (AvgIpc) is 2.95. The first-order valence-electron chi connectivity index (χ1n) is 8.37. The Bertz CT molecular complexity index is 522. The summed E-state index contributed by atoms with van der Waals surface area (Å²) in [5, 5.41) is 3.65. The summed E-state index contributed by atoms with van der Waals surface area (Å²) in [6, 6.07) is 4.72. The number of hydrogen-bond donors (Lipinski definition) is 4. The molecule has 0 radical (unpaired) electrons. The second kappa shape index (κ2) is 6.54. The number of benzene rings is 1. The van der Waals surface area contributed by atoms with Gasteiger partial charge in [0.1, 0.15) is 0 Å². The topological polar surface area (TPSA) is 65.3 Å². The third kappa shape index (κ3) is 3.13. The normalized spacial score (nSPS) is 22.2. The molecule has 2 aliphatic heterocycles. The van der Waals surface area contributed by atoms with Crippen molar-refractivity contribution < 1.29 is 0 Å². The van der Waals surface area contributed by atoms with Crippen LogP contribution in [0.15, 0.2) is 12.1 Å². The minimum absolute atomic E-state index is 0.105. The number of aryl methyl sites for hydroxylation is 1. The monoisotopic (exact) mass is 303 g/mol. The lowest BCUT2D eigenvalue weighted by atomic mass is 9.89. The number of anilines is 1. The smallest absolute Gasteiger partial charge is 0.0818 e. The summed E-state index contributed by atoms with van der Waals surface area (Å²) in [6.07, 6.45) is 2.41. The molecule has 3 rings (SSSR count). The molecule has 1 fully saturated rings. The van der Waals surface area contributed by atoms with Crippen molar-refractivity contribution in [1.29, 1.82) is 0 Å². The van der Waals surface area contributed by atoms with E-state index in [0.717, 1.165) is 18.2 Å². The molecule has 2 heterocycles. The van der Waals surface area contributed by atoms with Gasteiger partial charge in [0.15, 0.2) is 0 Å². The van der Waals surface area contributed by atoms with Gasteiger partial charge in [0, 0.05) is 12.6 Å². The maximum Gasteiger partial charge on any atom is 0.0818 e. The summed E-state index contributed by atoms with van der Waals surface area (Å²) < 4.78 is 0. The van der Waals surface area contributed by atoms with E-state index in [0.29, 0.717) is 6.04 Å². The first-order chi connectivity index (χ1) is 10.6. The lowest BCUT2D eigenvalue weighted by molar-refractivity contribution is 0.184. The fourth-order valence-electron chi connectivity index (χ4n) is 3.78. The predicted molar refractivity (Wildman–Crippen MR) is 91.4 cm³/mol. The summed E-state index contributed by atoms with van der Waals surface area (Å²) in [5.74, 6) is 0.718. The van der Waals surface area contributed by atoms with Gasteiger partial charge in [-0.1, -0.05) is 6.07 Å². The fourth-order valence-corrected chi connectivity index (χ4v) is 3.78. The average molecular weight is 303 g/mol. The van der Waals surface area contributed by atoms with Crippen molar-refractivity contribution in [3.63, 3.8) is 0 Å². The summed E-state index contributed by atoms with van der Waals surface area (Å²) >= 11 is 0. The molecule has 0 bridgehead atoms. The van der Waals surface area contributed by atoms with Crippen LogP contribution in [0.3, 0.4) is 0 Å². The Morgan fingerprint density at radius 1 is 1.32 bits per heavy atom. The van der Waals surface area contributed by atoms with Gasteiger partial charge in [0.05, 0.1) is 11.9 Å². The zero-order valence-electron chi connectivity index (χ0n) is 13.9. The molecule has 0 aliphatic carbocycles.